The van der Waals surface area contributed by atoms with Crippen LogP contribution in [0.3, 0.4) is 0 Å². The second kappa shape index (κ2) is 6.25. The van der Waals surface area contributed by atoms with Crippen LogP contribution < -0.4 is 5.32 Å². The van der Waals surface area contributed by atoms with Gasteiger partial charge in [0.25, 0.3) is 5.91 Å². The first-order valence-electron chi connectivity index (χ1n) is 8.06. The van der Waals surface area contributed by atoms with Crippen LogP contribution in [0, 0.1) is 0 Å². The maximum absolute atomic E-state index is 12.7. The topological polar surface area (TPSA) is 46.9 Å². The van der Waals surface area contributed by atoms with E-state index in [0.717, 1.165) is 5.69 Å². The SMILES string of the molecule is Cn1nc(C(C)(C)C)c(C(=O)Nc2ccc(C(C)(C)C)cc2)c1Cl. The van der Waals surface area contributed by atoms with Gasteiger partial charge in [0.15, 0.2) is 0 Å². The maximum Gasteiger partial charge on any atom is 0.260 e. The van der Waals surface area contributed by atoms with Crippen molar-refractivity contribution in [1.29, 1.82) is 0 Å². The first-order chi connectivity index (χ1) is 10.9. The zero-order valence-corrected chi connectivity index (χ0v) is 16.2. The lowest BCUT2D eigenvalue weighted by molar-refractivity contribution is 0.102. The van der Waals surface area contributed by atoms with Crippen LogP contribution in [-0.2, 0) is 17.9 Å². The van der Waals surface area contributed by atoms with Gasteiger partial charge in [-0.3, -0.25) is 9.48 Å². The molecule has 0 bridgehead atoms. The van der Waals surface area contributed by atoms with E-state index in [4.69, 9.17) is 11.6 Å². The van der Waals surface area contributed by atoms with Gasteiger partial charge in [-0.1, -0.05) is 65.3 Å². The quantitative estimate of drug-likeness (QED) is 0.838. The van der Waals surface area contributed by atoms with Crippen LogP contribution in [0.15, 0.2) is 24.3 Å². The highest BCUT2D eigenvalue weighted by atomic mass is 35.5. The van der Waals surface area contributed by atoms with Gasteiger partial charge in [-0.15, -0.1) is 0 Å². The lowest BCUT2D eigenvalue weighted by atomic mass is 9.87. The number of nitrogens with one attached hydrogen (secondary N) is 1. The van der Waals surface area contributed by atoms with Crippen molar-refractivity contribution in [2.75, 3.05) is 5.32 Å². The zero-order chi connectivity index (χ0) is 18.3. The third kappa shape index (κ3) is 3.81. The lowest BCUT2D eigenvalue weighted by Gasteiger charge is -2.19. The Kier molecular flexibility index (Phi) is 4.82. The molecule has 1 heterocycles. The van der Waals surface area contributed by atoms with Crippen LogP contribution in [0.4, 0.5) is 5.69 Å². The largest absolute Gasteiger partial charge is 0.322 e. The van der Waals surface area contributed by atoms with Gasteiger partial charge in [-0.05, 0) is 23.1 Å². The molecule has 0 radical (unpaired) electrons. The lowest BCUT2D eigenvalue weighted by Crippen LogP contribution is -2.20. The van der Waals surface area contributed by atoms with E-state index in [2.05, 4.69) is 31.2 Å². The van der Waals surface area contributed by atoms with E-state index >= 15 is 0 Å². The van der Waals surface area contributed by atoms with E-state index < -0.39 is 0 Å². The molecular formula is C19H26ClN3O. The van der Waals surface area contributed by atoms with E-state index in [1.165, 1.54) is 5.56 Å². The molecular weight excluding hydrogens is 322 g/mol. The molecule has 1 aromatic heterocycles. The number of aryl methyl sites for hydroxylation is 1. The normalized spacial score (nSPS) is 12.3. The van der Waals surface area contributed by atoms with Crippen molar-refractivity contribution in [3.63, 3.8) is 0 Å². The molecule has 0 spiro atoms. The Morgan fingerprint density at radius 3 is 2.04 bits per heavy atom. The Hall–Kier alpha value is -1.81. The summed E-state index contributed by atoms with van der Waals surface area (Å²) in [5.74, 6) is -0.235. The number of nitrogens with zero attached hydrogens (tertiary/aromatic N) is 2. The first-order valence-corrected chi connectivity index (χ1v) is 8.44. The summed E-state index contributed by atoms with van der Waals surface area (Å²) in [6.07, 6.45) is 0. The smallest absolute Gasteiger partial charge is 0.260 e. The fourth-order valence-electron chi connectivity index (χ4n) is 2.48. The highest BCUT2D eigenvalue weighted by Crippen LogP contribution is 2.30. The van der Waals surface area contributed by atoms with E-state index in [0.29, 0.717) is 16.4 Å². The van der Waals surface area contributed by atoms with Crippen LogP contribution >= 0.6 is 11.6 Å². The van der Waals surface area contributed by atoms with Gasteiger partial charge in [0.05, 0.1) is 5.69 Å². The van der Waals surface area contributed by atoms with Crippen LogP contribution in [0.2, 0.25) is 5.15 Å². The molecule has 2 rings (SSSR count). The average molecular weight is 348 g/mol. The molecule has 1 aromatic carbocycles. The van der Waals surface area contributed by atoms with Crippen molar-refractivity contribution >= 4 is 23.2 Å². The highest BCUT2D eigenvalue weighted by Gasteiger charge is 2.29. The molecule has 4 nitrogen and oxygen atoms in total. The molecule has 0 aliphatic rings. The van der Waals surface area contributed by atoms with Crippen molar-refractivity contribution in [2.45, 2.75) is 52.4 Å². The van der Waals surface area contributed by atoms with Crippen molar-refractivity contribution in [3.05, 3.63) is 46.2 Å². The molecule has 1 amide bonds. The van der Waals surface area contributed by atoms with Crippen LogP contribution in [0.5, 0.6) is 0 Å². The summed E-state index contributed by atoms with van der Waals surface area (Å²) in [5, 5.41) is 7.69. The second-order valence-electron chi connectivity index (χ2n) is 8.17. The number of amides is 1. The number of carbonyl (C=O) groups excluding carboxylic acids is 1. The maximum atomic E-state index is 12.7. The summed E-state index contributed by atoms with van der Waals surface area (Å²) < 4.78 is 1.54. The highest BCUT2D eigenvalue weighted by molar-refractivity contribution is 6.33. The minimum Gasteiger partial charge on any atom is -0.322 e. The number of hydrogen-bond donors (Lipinski definition) is 1. The molecule has 0 saturated carbocycles. The summed E-state index contributed by atoms with van der Waals surface area (Å²) in [6.45, 7) is 12.5. The minimum atomic E-state index is -0.270. The molecule has 0 atom stereocenters. The number of aromatic nitrogens is 2. The van der Waals surface area contributed by atoms with Gasteiger partial charge < -0.3 is 5.32 Å². The predicted octanol–water partition coefficient (Wildman–Crippen LogP) is 4.92. The Bertz CT molecular complexity index is 747. The molecule has 1 N–H and O–H groups in total. The monoisotopic (exact) mass is 347 g/mol. The van der Waals surface area contributed by atoms with Gasteiger partial charge in [0.2, 0.25) is 0 Å². The second-order valence-corrected chi connectivity index (χ2v) is 8.53. The van der Waals surface area contributed by atoms with Gasteiger partial charge in [-0.25, -0.2) is 0 Å². The van der Waals surface area contributed by atoms with E-state index in [-0.39, 0.29) is 16.7 Å². The van der Waals surface area contributed by atoms with Gasteiger partial charge in [-0.2, -0.15) is 5.10 Å². The predicted molar refractivity (Wildman–Crippen MR) is 100 cm³/mol. The fourth-order valence-corrected chi connectivity index (χ4v) is 2.69. The van der Waals surface area contributed by atoms with Crippen molar-refractivity contribution in [2.24, 2.45) is 7.05 Å². The van der Waals surface area contributed by atoms with Crippen LogP contribution in [0.1, 0.15) is 63.2 Å². The standard InChI is InChI=1S/C19H26ClN3O/c1-18(2,3)12-8-10-13(11-9-12)21-17(24)14-15(19(4,5)6)22-23(7)16(14)20/h8-11H,1-7H3,(H,21,24). The molecule has 0 saturated heterocycles. The Labute approximate surface area is 149 Å². The van der Waals surface area contributed by atoms with Crippen molar-refractivity contribution in [3.8, 4) is 0 Å². The van der Waals surface area contributed by atoms with Gasteiger partial charge >= 0.3 is 0 Å². The van der Waals surface area contributed by atoms with Crippen molar-refractivity contribution < 1.29 is 4.79 Å². The summed E-state index contributed by atoms with van der Waals surface area (Å²) in [6, 6.07) is 7.90. The molecule has 2 aromatic rings. The summed E-state index contributed by atoms with van der Waals surface area (Å²) in [7, 11) is 1.74. The van der Waals surface area contributed by atoms with E-state index in [1.807, 2.05) is 45.0 Å². The Balaban J connectivity index is 2.31. The van der Waals surface area contributed by atoms with Gasteiger partial charge in [0, 0.05) is 18.2 Å². The summed E-state index contributed by atoms with van der Waals surface area (Å²) >= 11 is 6.31. The number of carbonyl (C=O) groups is 1. The van der Waals surface area contributed by atoms with Crippen molar-refractivity contribution in [1.82, 2.24) is 9.78 Å². The first kappa shape index (κ1) is 18.5. The molecule has 0 aliphatic heterocycles. The van der Waals surface area contributed by atoms with Crippen LogP contribution in [0.25, 0.3) is 0 Å². The zero-order valence-electron chi connectivity index (χ0n) is 15.5. The molecule has 130 valence electrons. The average Bonchev–Trinajstić information content (AvgIpc) is 2.74. The minimum absolute atomic E-state index is 0.0780. The number of benzene rings is 1. The Morgan fingerprint density at radius 1 is 1.04 bits per heavy atom. The molecule has 24 heavy (non-hydrogen) atoms. The number of anilines is 1. The van der Waals surface area contributed by atoms with E-state index in [1.54, 1.807) is 11.7 Å². The molecule has 0 fully saturated rings. The number of rotatable bonds is 2. The molecule has 5 heteroatoms. The fraction of sp³-hybridized carbons (Fsp3) is 0.474. The number of hydrogen-bond acceptors (Lipinski definition) is 2. The number of halogens is 1. The van der Waals surface area contributed by atoms with Crippen LogP contribution in [-0.4, -0.2) is 15.7 Å². The van der Waals surface area contributed by atoms with E-state index in [9.17, 15) is 4.79 Å². The summed E-state index contributed by atoms with van der Waals surface area (Å²) in [4.78, 5) is 12.7. The molecule has 0 unspecified atom stereocenters. The summed E-state index contributed by atoms with van der Waals surface area (Å²) in [5.41, 5.74) is 2.90. The third-order valence-electron chi connectivity index (χ3n) is 3.92. The molecule has 0 aliphatic carbocycles. The third-order valence-corrected chi connectivity index (χ3v) is 4.36. The van der Waals surface area contributed by atoms with Gasteiger partial charge in [0.1, 0.15) is 10.7 Å². The Morgan fingerprint density at radius 2 is 1.58 bits per heavy atom.